The highest BCUT2D eigenvalue weighted by Crippen LogP contribution is 2.67. The van der Waals surface area contributed by atoms with Crippen LogP contribution in [-0.2, 0) is 10.2 Å². The lowest BCUT2D eigenvalue weighted by atomic mass is 9.70. The van der Waals surface area contributed by atoms with E-state index in [1.807, 2.05) is 4.40 Å². The lowest BCUT2D eigenvalue weighted by Crippen LogP contribution is -2.32. The molecule has 2 aliphatic rings. The molecule has 2 atom stereocenters. The number of esters is 1. The predicted molar refractivity (Wildman–Crippen MR) is 82.1 cm³/mol. The van der Waals surface area contributed by atoms with E-state index in [4.69, 9.17) is 9.72 Å². The lowest BCUT2D eigenvalue weighted by molar-refractivity contribution is 0.0520. The zero-order chi connectivity index (χ0) is 15.7. The van der Waals surface area contributed by atoms with Crippen molar-refractivity contribution >= 4 is 11.7 Å². The molecule has 0 saturated heterocycles. The predicted octanol–water partition coefficient (Wildman–Crippen LogP) is 3.08. The van der Waals surface area contributed by atoms with Crippen LogP contribution in [0.3, 0.4) is 0 Å². The monoisotopic (exact) mass is 299 g/mol. The third-order valence-electron chi connectivity index (χ3n) is 6.09. The summed E-state index contributed by atoms with van der Waals surface area (Å²) < 4.78 is 6.89. The Hall–Kier alpha value is -1.91. The van der Waals surface area contributed by atoms with Gasteiger partial charge in [0, 0.05) is 17.8 Å². The molecule has 1 saturated carbocycles. The SMILES string of the molecule is CCOC(=O)c1cn2cc3c(nc2n1)[C@]1(C)CC[C@H]3C1(C)C. The minimum Gasteiger partial charge on any atom is -0.461 e. The average molecular weight is 299 g/mol. The molecular formula is C17H21N3O2. The second kappa shape index (κ2) is 4.09. The normalized spacial score (nSPS) is 28.1. The van der Waals surface area contributed by atoms with E-state index >= 15 is 0 Å². The van der Waals surface area contributed by atoms with Crippen LogP contribution < -0.4 is 0 Å². The zero-order valence-electron chi connectivity index (χ0n) is 13.5. The zero-order valence-corrected chi connectivity index (χ0v) is 13.5. The first-order chi connectivity index (χ1) is 10.4. The molecular weight excluding hydrogens is 278 g/mol. The van der Waals surface area contributed by atoms with Gasteiger partial charge < -0.3 is 4.74 Å². The Labute approximate surface area is 129 Å². The third-order valence-corrected chi connectivity index (χ3v) is 6.09. The van der Waals surface area contributed by atoms with Crippen LogP contribution in [0.25, 0.3) is 5.78 Å². The molecule has 0 aliphatic heterocycles. The van der Waals surface area contributed by atoms with Crippen LogP contribution >= 0.6 is 0 Å². The topological polar surface area (TPSA) is 56.5 Å². The quantitative estimate of drug-likeness (QED) is 0.800. The van der Waals surface area contributed by atoms with Crippen LogP contribution in [0.2, 0.25) is 0 Å². The Bertz CT molecular complexity index is 793. The Morgan fingerprint density at radius 1 is 1.36 bits per heavy atom. The number of rotatable bonds is 2. The number of nitrogens with zero attached hydrogens (tertiary/aromatic N) is 3. The summed E-state index contributed by atoms with van der Waals surface area (Å²) in [4.78, 5) is 21.0. The summed E-state index contributed by atoms with van der Waals surface area (Å²) in [5, 5.41) is 0. The van der Waals surface area contributed by atoms with E-state index in [0.717, 1.165) is 0 Å². The first-order valence-electron chi connectivity index (χ1n) is 7.95. The van der Waals surface area contributed by atoms with Gasteiger partial charge in [-0.25, -0.2) is 14.8 Å². The van der Waals surface area contributed by atoms with Crippen molar-refractivity contribution in [1.82, 2.24) is 14.4 Å². The van der Waals surface area contributed by atoms with Gasteiger partial charge in [0.15, 0.2) is 5.69 Å². The second-order valence-corrected chi connectivity index (χ2v) is 7.24. The van der Waals surface area contributed by atoms with Gasteiger partial charge in [-0.3, -0.25) is 4.40 Å². The molecule has 5 nitrogen and oxygen atoms in total. The summed E-state index contributed by atoms with van der Waals surface area (Å²) in [7, 11) is 0. The van der Waals surface area contributed by atoms with Crippen LogP contribution in [0.4, 0.5) is 0 Å². The largest absolute Gasteiger partial charge is 0.461 e. The molecule has 0 spiro atoms. The molecule has 22 heavy (non-hydrogen) atoms. The van der Waals surface area contributed by atoms with E-state index < -0.39 is 0 Å². The minimum atomic E-state index is -0.386. The molecule has 2 heterocycles. The number of hydrogen-bond donors (Lipinski definition) is 0. The van der Waals surface area contributed by atoms with E-state index in [-0.39, 0.29) is 16.8 Å². The molecule has 4 rings (SSSR count). The van der Waals surface area contributed by atoms with Crippen LogP contribution in [-0.4, -0.2) is 26.9 Å². The second-order valence-electron chi connectivity index (χ2n) is 7.24. The van der Waals surface area contributed by atoms with E-state index in [2.05, 4.69) is 32.0 Å². The third kappa shape index (κ3) is 1.46. The molecule has 0 N–H and O–H groups in total. The van der Waals surface area contributed by atoms with Gasteiger partial charge in [-0.15, -0.1) is 0 Å². The molecule has 2 aliphatic carbocycles. The Balaban J connectivity index is 1.87. The highest BCUT2D eigenvalue weighted by molar-refractivity contribution is 5.87. The van der Waals surface area contributed by atoms with Gasteiger partial charge >= 0.3 is 5.97 Å². The van der Waals surface area contributed by atoms with Gasteiger partial charge in [-0.1, -0.05) is 20.8 Å². The van der Waals surface area contributed by atoms with Crippen molar-refractivity contribution in [2.45, 2.75) is 51.9 Å². The van der Waals surface area contributed by atoms with E-state index in [9.17, 15) is 4.79 Å². The molecule has 5 heteroatoms. The summed E-state index contributed by atoms with van der Waals surface area (Å²) >= 11 is 0. The molecule has 116 valence electrons. The fourth-order valence-electron chi connectivity index (χ4n) is 4.41. The lowest BCUT2D eigenvalue weighted by Gasteiger charge is -2.34. The van der Waals surface area contributed by atoms with Crippen LogP contribution in [0.1, 0.15) is 68.2 Å². The minimum absolute atomic E-state index is 0.102. The number of carbonyl (C=O) groups is 1. The summed E-state index contributed by atoms with van der Waals surface area (Å²) in [5.41, 5.74) is 3.15. The van der Waals surface area contributed by atoms with Crippen molar-refractivity contribution in [2.75, 3.05) is 6.61 Å². The number of aromatic nitrogens is 3. The molecule has 2 bridgehead atoms. The first-order valence-corrected chi connectivity index (χ1v) is 7.95. The Morgan fingerprint density at radius 3 is 2.86 bits per heavy atom. The van der Waals surface area contributed by atoms with Crippen LogP contribution in [0, 0.1) is 5.41 Å². The molecule has 0 amide bonds. The van der Waals surface area contributed by atoms with Gasteiger partial charge in [0.1, 0.15) is 0 Å². The highest BCUT2D eigenvalue weighted by atomic mass is 16.5. The molecule has 1 fully saturated rings. The summed E-state index contributed by atoms with van der Waals surface area (Å²) in [5.74, 6) is 0.742. The van der Waals surface area contributed by atoms with Gasteiger partial charge in [0.25, 0.3) is 0 Å². The fraction of sp³-hybridized carbons (Fsp3) is 0.588. The molecule has 0 unspecified atom stereocenters. The van der Waals surface area contributed by atoms with E-state index in [0.29, 0.717) is 24.0 Å². The number of ether oxygens (including phenoxy) is 1. The number of fused-ring (bicyclic) bond motifs is 6. The molecule has 0 aromatic carbocycles. The highest BCUT2D eigenvalue weighted by Gasteiger charge is 2.60. The summed E-state index contributed by atoms with van der Waals surface area (Å²) in [6.45, 7) is 9.15. The van der Waals surface area contributed by atoms with Crippen molar-refractivity contribution in [3.8, 4) is 0 Å². The summed E-state index contributed by atoms with van der Waals surface area (Å²) in [6.07, 6.45) is 6.22. The maximum Gasteiger partial charge on any atom is 0.358 e. The Morgan fingerprint density at radius 2 is 2.14 bits per heavy atom. The Kier molecular flexibility index (Phi) is 2.55. The van der Waals surface area contributed by atoms with Crippen molar-refractivity contribution in [3.05, 3.63) is 29.3 Å². The molecule has 0 radical (unpaired) electrons. The van der Waals surface area contributed by atoms with Gasteiger partial charge in [-0.2, -0.15) is 0 Å². The summed E-state index contributed by atoms with van der Waals surface area (Å²) in [6, 6.07) is 0. The fourth-order valence-corrected chi connectivity index (χ4v) is 4.41. The molecule has 2 aromatic rings. The van der Waals surface area contributed by atoms with Crippen LogP contribution in [0.15, 0.2) is 12.4 Å². The van der Waals surface area contributed by atoms with Crippen molar-refractivity contribution in [3.63, 3.8) is 0 Å². The smallest absolute Gasteiger partial charge is 0.358 e. The van der Waals surface area contributed by atoms with Crippen molar-refractivity contribution in [1.29, 1.82) is 0 Å². The van der Waals surface area contributed by atoms with Gasteiger partial charge in [0.2, 0.25) is 5.78 Å². The van der Waals surface area contributed by atoms with Crippen LogP contribution in [0.5, 0.6) is 0 Å². The maximum atomic E-state index is 11.8. The maximum absolute atomic E-state index is 11.8. The van der Waals surface area contributed by atoms with E-state index in [1.165, 1.54) is 24.1 Å². The van der Waals surface area contributed by atoms with Gasteiger partial charge in [0.05, 0.1) is 12.3 Å². The number of imidazole rings is 1. The number of hydrogen-bond acceptors (Lipinski definition) is 4. The standard InChI is InChI=1S/C17H21N3O2/c1-5-22-14(21)12-9-20-8-10-11-6-7-17(4,16(11,2)3)13(10)19-15(20)18-12/h8-9,11H,5-7H2,1-4H3/t11-,17+/m1/s1. The average Bonchev–Trinajstić information content (AvgIpc) is 3.02. The van der Waals surface area contributed by atoms with E-state index in [1.54, 1.807) is 13.1 Å². The van der Waals surface area contributed by atoms with Crippen molar-refractivity contribution < 1.29 is 9.53 Å². The number of carbonyl (C=O) groups excluding carboxylic acids is 1. The van der Waals surface area contributed by atoms with Gasteiger partial charge in [-0.05, 0) is 36.7 Å². The van der Waals surface area contributed by atoms with Crippen molar-refractivity contribution in [2.24, 2.45) is 5.41 Å². The molecule has 2 aromatic heterocycles. The first kappa shape index (κ1) is 13.7.